The van der Waals surface area contributed by atoms with Gasteiger partial charge < -0.3 is 21.3 Å². The molecule has 1 heterocycles. The monoisotopic (exact) mass is 549 g/mol. The van der Waals surface area contributed by atoms with Crippen molar-refractivity contribution in [3.63, 3.8) is 0 Å². The van der Waals surface area contributed by atoms with Gasteiger partial charge in [-0.1, -0.05) is 42.5 Å². The molecule has 0 unspecified atom stereocenters. The maximum absolute atomic E-state index is 12.9. The highest BCUT2D eigenvalue weighted by molar-refractivity contribution is 6.00. The van der Waals surface area contributed by atoms with Crippen LogP contribution >= 0.6 is 0 Å². The lowest BCUT2D eigenvalue weighted by Gasteiger charge is -2.21. The molecule has 41 heavy (non-hydrogen) atoms. The van der Waals surface area contributed by atoms with E-state index >= 15 is 0 Å². The van der Waals surface area contributed by atoms with Crippen LogP contribution in [0.15, 0.2) is 66.7 Å². The summed E-state index contributed by atoms with van der Waals surface area (Å²) in [5.74, 6) is -0.276. The van der Waals surface area contributed by atoms with Gasteiger partial charge in [-0.25, -0.2) is 0 Å². The highest BCUT2D eigenvalue weighted by atomic mass is 16.2. The van der Waals surface area contributed by atoms with Gasteiger partial charge >= 0.3 is 0 Å². The molecular weight excluding hydrogens is 510 g/mol. The molecule has 0 bridgehead atoms. The predicted molar refractivity (Wildman–Crippen MR) is 167 cm³/mol. The molecule has 0 radical (unpaired) electrons. The molecule has 0 atom stereocenters. The first-order valence-electron chi connectivity index (χ1n) is 14.6. The summed E-state index contributed by atoms with van der Waals surface area (Å²) >= 11 is 0. The van der Waals surface area contributed by atoms with E-state index in [9.17, 15) is 9.59 Å². The molecule has 5 rings (SSSR count). The third kappa shape index (κ3) is 6.85. The highest BCUT2D eigenvalue weighted by Gasteiger charge is 2.18. The van der Waals surface area contributed by atoms with Crippen molar-refractivity contribution < 1.29 is 9.59 Å². The van der Waals surface area contributed by atoms with Crippen molar-refractivity contribution in [3.05, 3.63) is 94.7 Å². The average Bonchev–Trinajstić information content (AvgIpc) is 2.99. The Morgan fingerprint density at radius 1 is 0.805 bits per heavy atom. The van der Waals surface area contributed by atoms with Crippen LogP contribution in [-0.4, -0.2) is 36.4 Å². The van der Waals surface area contributed by atoms with Crippen LogP contribution in [0.4, 0.5) is 17.1 Å². The number of aryl methyl sites for hydroxylation is 2. The van der Waals surface area contributed by atoms with Crippen molar-refractivity contribution in [2.75, 3.05) is 30.3 Å². The Bertz CT molecular complexity index is 1550. The van der Waals surface area contributed by atoms with Crippen molar-refractivity contribution >= 4 is 39.8 Å². The van der Waals surface area contributed by atoms with Crippen molar-refractivity contribution in [3.8, 4) is 0 Å². The number of fused-ring (bicyclic) bond motifs is 2. The van der Waals surface area contributed by atoms with E-state index in [1.165, 1.54) is 40.7 Å². The van der Waals surface area contributed by atoms with Crippen LogP contribution in [0.2, 0.25) is 0 Å². The first-order chi connectivity index (χ1) is 20.0. The van der Waals surface area contributed by atoms with Crippen LogP contribution in [0.1, 0.15) is 58.4 Å². The molecule has 0 saturated carbocycles. The zero-order chi connectivity index (χ0) is 28.6. The first kappa shape index (κ1) is 28.1. The highest BCUT2D eigenvalue weighted by Crippen LogP contribution is 2.33. The van der Waals surface area contributed by atoms with Gasteiger partial charge in [-0.2, -0.15) is 0 Å². The zero-order valence-corrected chi connectivity index (χ0v) is 24.0. The Morgan fingerprint density at radius 2 is 1.59 bits per heavy atom. The number of carbonyl (C=O) groups is 2. The molecular formula is C34H39N5O2. The number of rotatable bonds is 11. The van der Waals surface area contributed by atoms with Gasteiger partial charge in [0.2, 0.25) is 5.91 Å². The third-order valence-corrected chi connectivity index (χ3v) is 7.83. The first-order valence-corrected chi connectivity index (χ1v) is 14.6. The molecule has 1 aliphatic rings. The Balaban J connectivity index is 1.07. The summed E-state index contributed by atoms with van der Waals surface area (Å²) in [4.78, 5) is 30.3. The molecule has 0 saturated heterocycles. The summed E-state index contributed by atoms with van der Waals surface area (Å²) in [7, 11) is 0. The van der Waals surface area contributed by atoms with E-state index in [-0.39, 0.29) is 24.8 Å². The van der Waals surface area contributed by atoms with E-state index < -0.39 is 0 Å². The van der Waals surface area contributed by atoms with Crippen LogP contribution in [0.25, 0.3) is 10.9 Å². The molecule has 4 aromatic rings. The lowest BCUT2D eigenvalue weighted by molar-refractivity contribution is -0.120. The quantitative estimate of drug-likeness (QED) is 0.167. The van der Waals surface area contributed by atoms with E-state index in [4.69, 9.17) is 4.98 Å². The second kappa shape index (κ2) is 13.3. The Morgan fingerprint density at radius 3 is 2.49 bits per heavy atom. The summed E-state index contributed by atoms with van der Waals surface area (Å²) in [6.45, 7) is 5.74. The minimum atomic E-state index is -0.205. The van der Waals surface area contributed by atoms with Crippen molar-refractivity contribution in [2.45, 2.75) is 52.4 Å². The number of aromatic nitrogens is 1. The number of nitrogens with zero attached hydrogens (tertiary/aromatic N) is 1. The number of benzene rings is 3. The lowest BCUT2D eigenvalue weighted by atomic mass is 9.92. The second-order valence-corrected chi connectivity index (χ2v) is 10.7. The molecule has 0 spiro atoms. The van der Waals surface area contributed by atoms with Crippen molar-refractivity contribution in [1.29, 1.82) is 0 Å². The van der Waals surface area contributed by atoms with Crippen molar-refractivity contribution in [1.82, 2.24) is 15.6 Å². The Kier molecular flexibility index (Phi) is 9.14. The van der Waals surface area contributed by atoms with Crippen LogP contribution in [0.3, 0.4) is 0 Å². The second-order valence-electron chi connectivity index (χ2n) is 10.7. The molecule has 1 aliphatic carbocycles. The van der Waals surface area contributed by atoms with Gasteiger partial charge in [0, 0.05) is 48.5 Å². The average molecular weight is 550 g/mol. The number of carbonyl (C=O) groups excluding carboxylic acids is 2. The molecule has 2 amide bonds. The maximum atomic E-state index is 12.9. The van der Waals surface area contributed by atoms with Gasteiger partial charge in [-0.05, 0) is 86.9 Å². The molecule has 3 aromatic carbocycles. The summed E-state index contributed by atoms with van der Waals surface area (Å²) in [5.41, 5.74) is 9.38. The summed E-state index contributed by atoms with van der Waals surface area (Å²) in [5, 5.41) is 14.1. The number of para-hydroxylation sites is 2. The third-order valence-electron chi connectivity index (χ3n) is 7.83. The van der Waals surface area contributed by atoms with E-state index in [2.05, 4.69) is 59.4 Å². The van der Waals surface area contributed by atoms with Crippen molar-refractivity contribution in [2.24, 2.45) is 0 Å². The molecule has 1 aromatic heterocycles. The van der Waals surface area contributed by atoms with Crippen LogP contribution < -0.4 is 21.3 Å². The van der Waals surface area contributed by atoms with Gasteiger partial charge in [0.1, 0.15) is 0 Å². The molecule has 7 heteroatoms. The standard InChI is InChI=1S/C34H39N5O2/c1-23-11-9-18-28(24(23)2)38-31-17-8-5-14-27(31)34(41)37-22-19-32(40)35-20-10-21-36-33-25-12-3-6-15-29(25)39-30-16-7-4-13-26(30)33/h3,5-6,8-9,11-12,14-15,17-18,38H,4,7,10,13,16,19-22H2,1-2H3,(H,35,40)(H,36,39)(H,37,41). The minimum Gasteiger partial charge on any atom is -0.384 e. The van der Waals surface area contributed by atoms with Crippen LogP contribution in [-0.2, 0) is 17.6 Å². The smallest absolute Gasteiger partial charge is 0.253 e. The largest absolute Gasteiger partial charge is 0.384 e. The number of pyridine rings is 1. The van der Waals surface area contributed by atoms with E-state index in [1.54, 1.807) is 6.07 Å². The lowest BCUT2D eigenvalue weighted by Crippen LogP contribution is -2.31. The Hall–Kier alpha value is -4.39. The normalized spacial score (nSPS) is 12.4. The predicted octanol–water partition coefficient (Wildman–Crippen LogP) is 6.21. The molecule has 0 aliphatic heterocycles. The number of hydrogen-bond acceptors (Lipinski definition) is 5. The van der Waals surface area contributed by atoms with E-state index in [0.29, 0.717) is 12.1 Å². The Labute approximate surface area is 242 Å². The van der Waals surface area contributed by atoms with Crippen LogP contribution in [0, 0.1) is 13.8 Å². The number of anilines is 3. The SMILES string of the molecule is Cc1cccc(Nc2ccccc2C(=O)NCCC(=O)NCCCNc2c3c(nc4ccccc24)CCCC3)c1C. The zero-order valence-electron chi connectivity index (χ0n) is 24.0. The summed E-state index contributed by atoms with van der Waals surface area (Å²) < 4.78 is 0. The van der Waals surface area contributed by atoms with Crippen LogP contribution in [0.5, 0.6) is 0 Å². The number of nitrogens with one attached hydrogen (secondary N) is 4. The van der Waals surface area contributed by atoms with Gasteiger partial charge in [-0.15, -0.1) is 0 Å². The molecule has 4 N–H and O–H groups in total. The number of amides is 2. The van der Waals surface area contributed by atoms with E-state index in [0.717, 1.165) is 48.3 Å². The fraction of sp³-hybridized carbons (Fsp3) is 0.324. The topological polar surface area (TPSA) is 95.2 Å². The summed E-state index contributed by atoms with van der Waals surface area (Å²) in [6, 6.07) is 21.8. The number of hydrogen-bond donors (Lipinski definition) is 4. The van der Waals surface area contributed by atoms with Gasteiger partial charge in [0.25, 0.3) is 5.91 Å². The van der Waals surface area contributed by atoms with Gasteiger partial charge in [0.15, 0.2) is 0 Å². The maximum Gasteiger partial charge on any atom is 0.253 e. The summed E-state index contributed by atoms with van der Waals surface area (Å²) in [6.07, 6.45) is 5.53. The fourth-order valence-electron chi connectivity index (χ4n) is 5.40. The fourth-order valence-corrected chi connectivity index (χ4v) is 5.40. The minimum absolute atomic E-state index is 0.0705. The molecule has 7 nitrogen and oxygen atoms in total. The van der Waals surface area contributed by atoms with Gasteiger partial charge in [0.05, 0.1) is 16.8 Å². The molecule has 0 fully saturated rings. The molecule has 212 valence electrons. The van der Waals surface area contributed by atoms with E-state index in [1.807, 2.05) is 36.4 Å². The van der Waals surface area contributed by atoms with Gasteiger partial charge in [-0.3, -0.25) is 14.6 Å².